The molecule has 17 heavy (non-hydrogen) atoms. The van der Waals surface area contributed by atoms with Gasteiger partial charge in [-0.25, -0.2) is 0 Å². The number of hydrogen-bond donors (Lipinski definition) is 0. The van der Waals surface area contributed by atoms with Gasteiger partial charge >= 0.3 is 0 Å². The summed E-state index contributed by atoms with van der Waals surface area (Å²) in [7, 11) is 0. The Bertz CT molecular complexity index is 337. The maximum atomic E-state index is 4.37. The molecule has 0 spiro atoms. The van der Waals surface area contributed by atoms with Gasteiger partial charge in [-0.3, -0.25) is 9.88 Å². The molecule has 2 rings (SSSR count). The lowest BCUT2D eigenvalue weighted by atomic mass is 10.2. The van der Waals surface area contributed by atoms with E-state index in [9.17, 15) is 0 Å². The van der Waals surface area contributed by atoms with Gasteiger partial charge in [-0.2, -0.15) is 0 Å². The summed E-state index contributed by atoms with van der Waals surface area (Å²) in [5.74, 6) is 0.766. The molecule has 1 aliphatic rings. The van der Waals surface area contributed by atoms with E-state index in [1.807, 2.05) is 13.1 Å². The second-order valence-electron chi connectivity index (χ2n) is 5.34. The highest BCUT2D eigenvalue weighted by atomic mass is 15.3. The highest BCUT2D eigenvalue weighted by Gasteiger charge is 2.17. The Morgan fingerprint density at radius 2 is 1.88 bits per heavy atom. The van der Waals surface area contributed by atoms with Crippen LogP contribution in [0.5, 0.6) is 0 Å². The van der Waals surface area contributed by atoms with Crippen molar-refractivity contribution in [3.63, 3.8) is 0 Å². The predicted octanol–water partition coefficient (Wildman–Crippen LogP) is 2.17. The van der Waals surface area contributed by atoms with Crippen molar-refractivity contribution in [2.24, 2.45) is 5.92 Å². The molecular formula is C14H23N3. The SMILES string of the molecule is Cc1ccc(N2CCN(CC(C)C)CC2)cn1. The van der Waals surface area contributed by atoms with Crippen LogP contribution in [0.2, 0.25) is 0 Å². The van der Waals surface area contributed by atoms with Crippen LogP contribution in [-0.4, -0.2) is 42.6 Å². The van der Waals surface area contributed by atoms with Crippen molar-refractivity contribution in [2.75, 3.05) is 37.6 Å². The number of aromatic nitrogens is 1. The monoisotopic (exact) mass is 233 g/mol. The van der Waals surface area contributed by atoms with Crippen molar-refractivity contribution >= 4 is 5.69 Å². The number of hydrogen-bond acceptors (Lipinski definition) is 3. The minimum Gasteiger partial charge on any atom is -0.368 e. The van der Waals surface area contributed by atoms with Crippen LogP contribution in [0.25, 0.3) is 0 Å². The Balaban J connectivity index is 1.88. The summed E-state index contributed by atoms with van der Waals surface area (Å²) in [6.07, 6.45) is 1.99. The van der Waals surface area contributed by atoms with Crippen molar-refractivity contribution in [3.05, 3.63) is 24.0 Å². The molecule has 94 valence electrons. The van der Waals surface area contributed by atoms with Gasteiger partial charge < -0.3 is 4.90 Å². The maximum absolute atomic E-state index is 4.37. The zero-order valence-corrected chi connectivity index (χ0v) is 11.2. The van der Waals surface area contributed by atoms with E-state index in [0.717, 1.165) is 24.7 Å². The topological polar surface area (TPSA) is 19.4 Å². The standard InChI is InChI=1S/C14H23N3/c1-12(2)11-16-6-8-17(9-7-16)14-5-4-13(3)15-10-14/h4-5,10,12H,6-9,11H2,1-3H3. The van der Waals surface area contributed by atoms with E-state index in [1.165, 1.54) is 25.3 Å². The van der Waals surface area contributed by atoms with E-state index >= 15 is 0 Å². The third kappa shape index (κ3) is 3.43. The first-order chi connectivity index (χ1) is 8.15. The molecule has 1 saturated heterocycles. The highest BCUT2D eigenvalue weighted by molar-refractivity contribution is 5.44. The van der Waals surface area contributed by atoms with Crippen LogP contribution in [0.15, 0.2) is 18.3 Å². The van der Waals surface area contributed by atoms with E-state index in [-0.39, 0.29) is 0 Å². The fourth-order valence-corrected chi connectivity index (χ4v) is 2.35. The summed E-state index contributed by atoms with van der Waals surface area (Å²) in [5.41, 5.74) is 2.35. The van der Waals surface area contributed by atoms with E-state index < -0.39 is 0 Å². The molecule has 0 aromatic carbocycles. The third-order valence-corrected chi connectivity index (χ3v) is 3.26. The fraction of sp³-hybridized carbons (Fsp3) is 0.643. The van der Waals surface area contributed by atoms with E-state index in [4.69, 9.17) is 0 Å². The summed E-state index contributed by atoms with van der Waals surface area (Å²) >= 11 is 0. The van der Waals surface area contributed by atoms with Crippen LogP contribution < -0.4 is 4.90 Å². The Hall–Kier alpha value is -1.09. The van der Waals surface area contributed by atoms with E-state index in [1.54, 1.807) is 0 Å². The van der Waals surface area contributed by atoms with Crippen LogP contribution in [-0.2, 0) is 0 Å². The molecule has 1 aromatic heterocycles. The van der Waals surface area contributed by atoms with Crippen molar-refractivity contribution in [2.45, 2.75) is 20.8 Å². The molecule has 0 N–H and O–H groups in total. The number of nitrogens with zero attached hydrogens (tertiary/aromatic N) is 3. The van der Waals surface area contributed by atoms with Gasteiger partial charge in [0.15, 0.2) is 0 Å². The quantitative estimate of drug-likeness (QED) is 0.797. The minimum atomic E-state index is 0.766. The molecular weight excluding hydrogens is 210 g/mol. The lowest BCUT2D eigenvalue weighted by molar-refractivity contribution is 0.231. The summed E-state index contributed by atoms with van der Waals surface area (Å²) in [6, 6.07) is 4.27. The van der Waals surface area contributed by atoms with Gasteiger partial charge in [-0.15, -0.1) is 0 Å². The maximum Gasteiger partial charge on any atom is 0.0553 e. The van der Waals surface area contributed by atoms with Crippen LogP contribution in [0.4, 0.5) is 5.69 Å². The Labute approximate surface area is 104 Å². The molecule has 0 atom stereocenters. The number of pyridine rings is 1. The molecule has 1 aromatic rings. The smallest absolute Gasteiger partial charge is 0.0553 e. The first-order valence-electron chi connectivity index (χ1n) is 6.55. The highest BCUT2D eigenvalue weighted by Crippen LogP contribution is 2.15. The van der Waals surface area contributed by atoms with Gasteiger partial charge in [-0.05, 0) is 25.0 Å². The zero-order chi connectivity index (χ0) is 12.3. The lowest BCUT2D eigenvalue weighted by Gasteiger charge is -2.36. The average molecular weight is 233 g/mol. The number of rotatable bonds is 3. The molecule has 1 aliphatic heterocycles. The first-order valence-corrected chi connectivity index (χ1v) is 6.55. The van der Waals surface area contributed by atoms with Gasteiger partial charge in [0.1, 0.15) is 0 Å². The molecule has 0 saturated carbocycles. The van der Waals surface area contributed by atoms with Gasteiger partial charge in [0.25, 0.3) is 0 Å². The normalized spacial score (nSPS) is 17.8. The van der Waals surface area contributed by atoms with Gasteiger partial charge in [0.2, 0.25) is 0 Å². The summed E-state index contributed by atoms with van der Waals surface area (Å²) in [6.45, 7) is 12.4. The second kappa shape index (κ2) is 5.50. The Morgan fingerprint density at radius 3 is 2.41 bits per heavy atom. The molecule has 2 heterocycles. The van der Waals surface area contributed by atoms with E-state index in [0.29, 0.717) is 0 Å². The van der Waals surface area contributed by atoms with Crippen molar-refractivity contribution in [1.29, 1.82) is 0 Å². The fourth-order valence-electron chi connectivity index (χ4n) is 2.35. The number of piperazine rings is 1. The van der Waals surface area contributed by atoms with Crippen molar-refractivity contribution < 1.29 is 0 Å². The first kappa shape index (κ1) is 12.4. The predicted molar refractivity (Wildman–Crippen MR) is 72.5 cm³/mol. The number of anilines is 1. The molecule has 0 amide bonds. The summed E-state index contributed by atoms with van der Waals surface area (Å²) < 4.78 is 0. The summed E-state index contributed by atoms with van der Waals surface area (Å²) in [4.78, 5) is 9.36. The molecule has 0 unspecified atom stereocenters. The Kier molecular flexibility index (Phi) is 4.00. The molecule has 3 nitrogen and oxygen atoms in total. The summed E-state index contributed by atoms with van der Waals surface area (Å²) in [5, 5.41) is 0. The van der Waals surface area contributed by atoms with Gasteiger partial charge in [-0.1, -0.05) is 13.8 Å². The van der Waals surface area contributed by atoms with Crippen LogP contribution >= 0.6 is 0 Å². The van der Waals surface area contributed by atoms with Crippen LogP contribution in [0, 0.1) is 12.8 Å². The molecule has 1 fully saturated rings. The van der Waals surface area contributed by atoms with Crippen LogP contribution in [0.1, 0.15) is 19.5 Å². The van der Waals surface area contributed by atoms with Crippen LogP contribution in [0.3, 0.4) is 0 Å². The Morgan fingerprint density at radius 1 is 1.18 bits per heavy atom. The van der Waals surface area contributed by atoms with Crippen molar-refractivity contribution in [1.82, 2.24) is 9.88 Å². The minimum absolute atomic E-state index is 0.766. The van der Waals surface area contributed by atoms with Gasteiger partial charge in [0.05, 0.1) is 11.9 Å². The van der Waals surface area contributed by atoms with E-state index in [2.05, 4.69) is 40.8 Å². The molecule has 0 bridgehead atoms. The zero-order valence-electron chi connectivity index (χ0n) is 11.2. The number of aryl methyl sites for hydroxylation is 1. The van der Waals surface area contributed by atoms with Crippen molar-refractivity contribution in [3.8, 4) is 0 Å². The molecule has 3 heteroatoms. The molecule has 0 radical (unpaired) electrons. The largest absolute Gasteiger partial charge is 0.368 e. The van der Waals surface area contributed by atoms with Gasteiger partial charge in [0, 0.05) is 38.4 Å². The molecule has 0 aliphatic carbocycles. The second-order valence-corrected chi connectivity index (χ2v) is 5.34. The average Bonchev–Trinajstić information content (AvgIpc) is 2.30. The third-order valence-electron chi connectivity index (χ3n) is 3.26. The lowest BCUT2D eigenvalue weighted by Crippen LogP contribution is -2.47.